The SMILES string of the molecule is CC(Cl)=CC(C)C(C(=O)O)(C(C)C)C(NS)c1cccc(Oc2ccccc2)c1. The fourth-order valence-corrected chi connectivity index (χ4v) is 4.56. The van der Waals surface area contributed by atoms with Gasteiger partial charge in [-0.3, -0.25) is 9.52 Å². The Hall–Kier alpha value is -1.95. The Bertz CT molecular complexity index is 852. The van der Waals surface area contributed by atoms with Gasteiger partial charge in [-0.2, -0.15) is 0 Å². The molecular weight excluding hydrogens is 406 g/mol. The quantitative estimate of drug-likeness (QED) is 0.397. The Kier molecular flexibility index (Phi) is 8.20. The Morgan fingerprint density at radius 1 is 1.14 bits per heavy atom. The number of nitrogens with one attached hydrogen (secondary N) is 1. The van der Waals surface area contributed by atoms with Crippen LogP contribution in [0.2, 0.25) is 0 Å². The van der Waals surface area contributed by atoms with E-state index in [1.54, 1.807) is 13.0 Å². The summed E-state index contributed by atoms with van der Waals surface area (Å²) in [7, 11) is 0. The summed E-state index contributed by atoms with van der Waals surface area (Å²) in [5, 5.41) is 10.9. The third-order valence-electron chi connectivity index (χ3n) is 5.34. The minimum absolute atomic E-state index is 0.203. The molecule has 0 fully saturated rings. The zero-order valence-electron chi connectivity index (χ0n) is 17.1. The minimum Gasteiger partial charge on any atom is -0.481 e. The molecule has 0 bridgehead atoms. The van der Waals surface area contributed by atoms with Crippen LogP contribution >= 0.6 is 24.4 Å². The number of hydrogen-bond donors (Lipinski definition) is 3. The number of ether oxygens (including phenoxy) is 1. The number of para-hydroxylation sites is 1. The molecule has 3 unspecified atom stereocenters. The summed E-state index contributed by atoms with van der Waals surface area (Å²) >= 11 is 10.4. The van der Waals surface area contributed by atoms with Gasteiger partial charge in [-0.1, -0.05) is 81.6 Å². The number of carboxylic acid groups (broad SMARTS) is 1. The number of hydrogen-bond acceptors (Lipinski definition) is 4. The zero-order chi connectivity index (χ0) is 21.6. The van der Waals surface area contributed by atoms with E-state index in [-0.39, 0.29) is 11.8 Å². The predicted octanol–water partition coefficient (Wildman–Crippen LogP) is 6.46. The van der Waals surface area contributed by atoms with Gasteiger partial charge >= 0.3 is 5.97 Å². The van der Waals surface area contributed by atoms with Crippen LogP contribution in [0.5, 0.6) is 11.5 Å². The number of rotatable bonds is 9. The van der Waals surface area contributed by atoms with Gasteiger partial charge in [-0.15, -0.1) is 0 Å². The van der Waals surface area contributed by atoms with Crippen molar-refractivity contribution in [1.82, 2.24) is 4.72 Å². The van der Waals surface area contributed by atoms with E-state index in [1.807, 2.05) is 75.4 Å². The molecule has 0 heterocycles. The third kappa shape index (κ3) is 5.16. The molecule has 2 aromatic carbocycles. The van der Waals surface area contributed by atoms with Crippen molar-refractivity contribution in [1.29, 1.82) is 0 Å². The lowest BCUT2D eigenvalue weighted by molar-refractivity contribution is -0.157. The first-order chi connectivity index (χ1) is 13.7. The van der Waals surface area contributed by atoms with Crippen LogP contribution in [0.4, 0.5) is 0 Å². The van der Waals surface area contributed by atoms with Crippen LogP contribution in [-0.2, 0) is 4.79 Å². The first-order valence-electron chi connectivity index (χ1n) is 9.53. The van der Waals surface area contributed by atoms with Crippen molar-refractivity contribution >= 4 is 30.4 Å². The monoisotopic (exact) mass is 433 g/mol. The Balaban J connectivity index is 2.54. The van der Waals surface area contributed by atoms with E-state index in [4.69, 9.17) is 16.3 Å². The zero-order valence-corrected chi connectivity index (χ0v) is 18.7. The molecule has 6 heteroatoms. The highest BCUT2D eigenvalue weighted by atomic mass is 35.5. The maximum absolute atomic E-state index is 12.7. The number of aliphatic carboxylic acids is 1. The van der Waals surface area contributed by atoms with Crippen LogP contribution in [-0.4, -0.2) is 11.1 Å². The average molecular weight is 434 g/mol. The van der Waals surface area contributed by atoms with Crippen molar-refractivity contribution in [3.05, 3.63) is 71.3 Å². The van der Waals surface area contributed by atoms with Crippen molar-refractivity contribution in [2.45, 2.75) is 33.7 Å². The van der Waals surface area contributed by atoms with Gasteiger partial charge in [0, 0.05) is 5.03 Å². The van der Waals surface area contributed by atoms with Crippen LogP contribution in [0.25, 0.3) is 0 Å². The minimum atomic E-state index is -1.18. The molecule has 2 aromatic rings. The molecule has 0 radical (unpaired) electrons. The predicted molar refractivity (Wildman–Crippen MR) is 122 cm³/mol. The lowest BCUT2D eigenvalue weighted by atomic mass is 9.62. The second kappa shape index (κ2) is 10.2. The summed E-state index contributed by atoms with van der Waals surface area (Å²) in [4.78, 5) is 12.7. The van der Waals surface area contributed by atoms with Gasteiger partial charge in [0.15, 0.2) is 0 Å². The summed E-state index contributed by atoms with van der Waals surface area (Å²) in [5.74, 6) is -0.119. The molecule has 0 saturated carbocycles. The van der Waals surface area contributed by atoms with Crippen LogP contribution in [0, 0.1) is 17.3 Å². The number of halogens is 1. The van der Waals surface area contributed by atoms with E-state index >= 15 is 0 Å². The normalized spacial score (nSPS) is 16.2. The van der Waals surface area contributed by atoms with Gasteiger partial charge < -0.3 is 9.84 Å². The first kappa shape index (κ1) is 23.3. The smallest absolute Gasteiger partial charge is 0.312 e. The molecule has 3 atom stereocenters. The topological polar surface area (TPSA) is 58.6 Å². The van der Waals surface area contributed by atoms with E-state index < -0.39 is 17.4 Å². The first-order valence-corrected chi connectivity index (χ1v) is 10.4. The summed E-state index contributed by atoms with van der Waals surface area (Å²) < 4.78 is 8.89. The molecule has 0 spiro atoms. The van der Waals surface area contributed by atoms with Crippen LogP contribution in [0.3, 0.4) is 0 Å². The van der Waals surface area contributed by atoms with Crippen LogP contribution in [0.1, 0.15) is 39.3 Å². The highest BCUT2D eigenvalue weighted by Crippen LogP contribution is 2.49. The molecule has 2 N–H and O–H groups in total. The Morgan fingerprint density at radius 2 is 1.76 bits per heavy atom. The third-order valence-corrected chi connectivity index (χ3v) is 5.72. The number of carboxylic acids is 1. The lowest BCUT2D eigenvalue weighted by Crippen LogP contribution is -2.50. The van der Waals surface area contributed by atoms with Gasteiger partial charge in [0.25, 0.3) is 0 Å². The maximum Gasteiger partial charge on any atom is 0.312 e. The summed E-state index contributed by atoms with van der Waals surface area (Å²) in [5.41, 5.74) is -0.402. The number of allylic oxidation sites excluding steroid dienone is 2. The van der Waals surface area contributed by atoms with Crippen LogP contribution < -0.4 is 9.46 Å². The van der Waals surface area contributed by atoms with Gasteiger partial charge in [0.1, 0.15) is 11.5 Å². The molecule has 0 aliphatic heterocycles. The van der Waals surface area contributed by atoms with Crippen molar-refractivity contribution in [2.75, 3.05) is 0 Å². The van der Waals surface area contributed by atoms with E-state index in [1.165, 1.54) is 0 Å². The number of carbonyl (C=O) groups is 1. The summed E-state index contributed by atoms with van der Waals surface area (Å²) in [6, 6.07) is 16.3. The molecule has 0 aliphatic rings. The molecule has 29 heavy (non-hydrogen) atoms. The van der Waals surface area contributed by atoms with Crippen molar-refractivity contribution < 1.29 is 14.6 Å². The number of thiol groups is 1. The van der Waals surface area contributed by atoms with Gasteiger partial charge in [-0.25, -0.2) is 0 Å². The fraction of sp³-hybridized carbons (Fsp3) is 0.348. The standard InChI is InChI=1S/C23H28ClNO3S/c1-15(2)23(22(26)27,16(3)13-17(4)24)21(25-29)18-9-8-12-20(14-18)28-19-10-6-5-7-11-19/h5-16,21,25,29H,1-4H3,(H,26,27). The molecule has 2 rings (SSSR count). The van der Waals surface area contributed by atoms with Crippen molar-refractivity contribution in [3.8, 4) is 11.5 Å². The van der Waals surface area contributed by atoms with Gasteiger partial charge in [-0.05, 0) is 48.6 Å². The Morgan fingerprint density at radius 3 is 2.28 bits per heavy atom. The second-order valence-electron chi connectivity index (χ2n) is 7.48. The van der Waals surface area contributed by atoms with Gasteiger partial charge in [0.05, 0.1) is 11.5 Å². The molecule has 0 aliphatic carbocycles. The average Bonchev–Trinajstić information content (AvgIpc) is 2.65. The summed E-state index contributed by atoms with van der Waals surface area (Å²) in [6.07, 6.45) is 1.79. The van der Waals surface area contributed by atoms with E-state index in [9.17, 15) is 9.90 Å². The highest BCUT2D eigenvalue weighted by molar-refractivity contribution is 7.78. The lowest BCUT2D eigenvalue weighted by Gasteiger charge is -2.44. The van der Waals surface area contributed by atoms with E-state index in [0.717, 1.165) is 5.56 Å². The molecule has 0 saturated heterocycles. The van der Waals surface area contributed by atoms with E-state index in [2.05, 4.69) is 17.5 Å². The Labute approximate surface area is 183 Å². The van der Waals surface area contributed by atoms with Gasteiger partial charge in [0.2, 0.25) is 0 Å². The van der Waals surface area contributed by atoms with Crippen LogP contribution in [0.15, 0.2) is 65.7 Å². The molecular formula is C23H28ClNO3S. The number of benzene rings is 2. The molecule has 156 valence electrons. The molecule has 0 aromatic heterocycles. The largest absolute Gasteiger partial charge is 0.481 e. The summed E-state index contributed by atoms with van der Waals surface area (Å²) in [6.45, 7) is 7.44. The molecule has 4 nitrogen and oxygen atoms in total. The van der Waals surface area contributed by atoms with Crippen molar-refractivity contribution in [2.24, 2.45) is 17.3 Å². The highest BCUT2D eigenvalue weighted by Gasteiger charge is 2.52. The van der Waals surface area contributed by atoms with E-state index in [0.29, 0.717) is 16.5 Å². The second-order valence-corrected chi connectivity index (χ2v) is 8.34. The maximum atomic E-state index is 12.7. The molecule has 0 amide bonds. The fourth-order valence-electron chi connectivity index (χ4n) is 4.01. The van der Waals surface area contributed by atoms with Crippen molar-refractivity contribution in [3.63, 3.8) is 0 Å².